The summed E-state index contributed by atoms with van der Waals surface area (Å²) in [6, 6.07) is 4.65. The molecule has 0 saturated carbocycles. The minimum atomic E-state index is -0.420. The quantitative estimate of drug-likeness (QED) is 0.694. The van der Waals surface area contributed by atoms with Crippen molar-refractivity contribution in [3.63, 3.8) is 0 Å². The van der Waals surface area contributed by atoms with Crippen molar-refractivity contribution in [2.45, 2.75) is 53.2 Å². The minimum absolute atomic E-state index is 0.158. The molecule has 1 aliphatic heterocycles. The second kappa shape index (κ2) is 10.4. The number of rotatable bonds is 3. The first-order chi connectivity index (χ1) is 15.2. The Balaban J connectivity index is 2.03. The van der Waals surface area contributed by atoms with Crippen LogP contribution < -0.4 is 4.90 Å². The zero-order chi connectivity index (χ0) is 23.4. The first-order valence-corrected chi connectivity index (χ1v) is 11.4. The summed E-state index contributed by atoms with van der Waals surface area (Å²) in [5.41, 5.74) is 1.41. The molecular weight excluding hydrogens is 433 g/mol. The zero-order valence-corrected chi connectivity index (χ0v) is 19.9. The lowest BCUT2D eigenvalue weighted by Crippen LogP contribution is -2.41. The van der Waals surface area contributed by atoms with Crippen LogP contribution in [0.2, 0.25) is 5.02 Å². The Kier molecular flexibility index (Phi) is 7.90. The Hall–Kier alpha value is -2.45. The molecule has 1 aromatic heterocycles. The van der Waals surface area contributed by atoms with Crippen molar-refractivity contribution in [2.75, 3.05) is 31.1 Å². The molecule has 0 unspecified atom stereocenters. The van der Waals surface area contributed by atoms with Gasteiger partial charge in [-0.15, -0.1) is 0 Å². The molecular formula is C23H31ClFN5O2. The van der Waals surface area contributed by atoms with Crippen molar-refractivity contribution < 1.29 is 14.0 Å². The highest BCUT2D eigenvalue weighted by molar-refractivity contribution is 6.33. The number of halogens is 2. The molecule has 1 aromatic carbocycles. The molecule has 0 aliphatic carbocycles. The lowest BCUT2D eigenvalue weighted by atomic mass is 10.1. The third-order valence-electron chi connectivity index (χ3n) is 5.82. The number of aryl methyl sites for hydroxylation is 1. The molecule has 174 valence electrons. The van der Waals surface area contributed by atoms with Crippen molar-refractivity contribution >= 4 is 29.1 Å². The van der Waals surface area contributed by atoms with Crippen LogP contribution in [0.25, 0.3) is 0 Å². The van der Waals surface area contributed by atoms with E-state index in [9.17, 15) is 14.0 Å². The number of hydrogen-bond acceptors (Lipinski definition) is 4. The van der Waals surface area contributed by atoms with Crippen molar-refractivity contribution in [1.29, 1.82) is 0 Å². The highest BCUT2D eigenvalue weighted by Crippen LogP contribution is 2.26. The maximum absolute atomic E-state index is 14.2. The van der Waals surface area contributed by atoms with Gasteiger partial charge < -0.3 is 9.80 Å². The highest BCUT2D eigenvalue weighted by atomic mass is 35.5. The van der Waals surface area contributed by atoms with Crippen LogP contribution in [0.15, 0.2) is 24.4 Å². The van der Waals surface area contributed by atoms with E-state index >= 15 is 0 Å². The van der Waals surface area contributed by atoms with Gasteiger partial charge in [-0.3, -0.25) is 19.2 Å². The predicted molar refractivity (Wildman–Crippen MR) is 123 cm³/mol. The van der Waals surface area contributed by atoms with Gasteiger partial charge in [0.1, 0.15) is 5.82 Å². The van der Waals surface area contributed by atoms with E-state index < -0.39 is 5.82 Å². The van der Waals surface area contributed by atoms with E-state index in [1.165, 1.54) is 19.1 Å². The normalized spacial score (nSPS) is 16.1. The molecule has 0 radical (unpaired) electrons. The summed E-state index contributed by atoms with van der Waals surface area (Å²) in [6.07, 6.45) is 2.39. The van der Waals surface area contributed by atoms with Crippen LogP contribution in [-0.2, 0) is 17.9 Å². The van der Waals surface area contributed by atoms with Crippen LogP contribution in [0.5, 0.6) is 0 Å². The van der Waals surface area contributed by atoms with Gasteiger partial charge in [0.05, 0.1) is 10.7 Å². The van der Waals surface area contributed by atoms with Gasteiger partial charge in [0, 0.05) is 58.4 Å². The van der Waals surface area contributed by atoms with Gasteiger partial charge in [0.2, 0.25) is 5.91 Å². The fourth-order valence-electron chi connectivity index (χ4n) is 3.99. The molecule has 7 nitrogen and oxygen atoms in total. The molecule has 0 atom stereocenters. The smallest absolute Gasteiger partial charge is 0.276 e. The molecule has 32 heavy (non-hydrogen) atoms. The molecule has 0 fully saturated rings. The molecule has 1 aliphatic rings. The van der Waals surface area contributed by atoms with Gasteiger partial charge >= 0.3 is 0 Å². The monoisotopic (exact) mass is 463 g/mol. The van der Waals surface area contributed by atoms with Crippen molar-refractivity contribution in [1.82, 2.24) is 19.6 Å². The van der Waals surface area contributed by atoms with Gasteiger partial charge in [0.25, 0.3) is 5.91 Å². The lowest BCUT2D eigenvalue weighted by molar-refractivity contribution is -0.116. The standard InChI is InChI=1S/C23H31ClFN5O2/c1-5-29-15-20(24)22(26-29)23(32)28-12-11-27(16(2)3)9-6-10-30(17(4)31)21-13-19(25)8-7-18(21)14-28/h7-8,13,15-16H,5-6,9-12,14H2,1-4H3. The largest absolute Gasteiger partial charge is 0.332 e. The highest BCUT2D eigenvalue weighted by Gasteiger charge is 2.26. The predicted octanol–water partition coefficient (Wildman–Crippen LogP) is 3.80. The summed E-state index contributed by atoms with van der Waals surface area (Å²) < 4.78 is 15.8. The Morgan fingerprint density at radius 2 is 1.94 bits per heavy atom. The van der Waals surface area contributed by atoms with Crippen LogP contribution >= 0.6 is 11.6 Å². The number of aromatic nitrogens is 2. The van der Waals surface area contributed by atoms with E-state index in [2.05, 4.69) is 23.8 Å². The van der Waals surface area contributed by atoms with E-state index in [-0.39, 0.29) is 30.1 Å². The number of anilines is 1. The van der Waals surface area contributed by atoms with Crippen LogP contribution in [0.1, 0.15) is 50.2 Å². The number of amides is 2. The van der Waals surface area contributed by atoms with E-state index in [4.69, 9.17) is 11.6 Å². The Morgan fingerprint density at radius 3 is 2.56 bits per heavy atom. The van der Waals surface area contributed by atoms with E-state index in [1.54, 1.807) is 26.7 Å². The van der Waals surface area contributed by atoms with Gasteiger partial charge in [0.15, 0.2) is 5.69 Å². The third-order valence-corrected chi connectivity index (χ3v) is 6.10. The molecule has 0 saturated heterocycles. The van der Waals surface area contributed by atoms with Crippen LogP contribution in [0, 0.1) is 5.82 Å². The van der Waals surface area contributed by atoms with E-state index in [0.29, 0.717) is 42.5 Å². The third kappa shape index (κ3) is 5.48. The summed E-state index contributed by atoms with van der Waals surface area (Å²) in [6.45, 7) is 10.8. The van der Waals surface area contributed by atoms with Gasteiger partial charge in [-0.05, 0) is 44.9 Å². The number of carbonyl (C=O) groups excluding carboxylic acids is 2. The van der Waals surface area contributed by atoms with Gasteiger partial charge in [-0.1, -0.05) is 17.7 Å². The summed E-state index contributed by atoms with van der Waals surface area (Å²) in [5, 5.41) is 4.64. The van der Waals surface area contributed by atoms with Crippen molar-refractivity contribution in [2.24, 2.45) is 0 Å². The molecule has 0 N–H and O–H groups in total. The molecule has 3 rings (SSSR count). The molecule has 2 aromatic rings. The number of carbonyl (C=O) groups is 2. The van der Waals surface area contributed by atoms with Crippen LogP contribution in [-0.4, -0.2) is 63.6 Å². The topological polar surface area (TPSA) is 61.7 Å². The maximum atomic E-state index is 14.2. The molecule has 9 heteroatoms. The Morgan fingerprint density at radius 1 is 1.19 bits per heavy atom. The average Bonchev–Trinajstić information content (AvgIpc) is 3.11. The Labute approximate surface area is 193 Å². The summed E-state index contributed by atoms with van der Waals surface area (Å²) >= 11 is 6.32. The van der Waals surface area contributed by atoms with Gasteiger partial charge in [-0.25, -0.2) is 4.39 Å². The number of hydrogen-bond donors (Lipinski definition) is 0. The molecule has 2 amide bonds. The second-order valence-corrected chi connectivity index (χ2v) is 8.74. The van der Waals surface area contributed by atoms with Crippen LogP contribution in [0.3, 0.4) is 0 Å². The first-order valence-electron chi connectivity index (χ1n) is 11.0. The Bertz CT molecular complexity index is 977. The maximum Gasteiger partial charge on any atom is 0.276 e. The van der Waals surface area contributed by atoms with Crippen molar-refractivity contribution in [3.05, 3.63) is 46.5 Å². The zero-order valence-electron chi connectivity index (χ0n) is 19.1. The first kappa shape index (κ1) is 24.2. The fourth-order valence-corrected chi connectivity index (χ4v) is 4.22. The molecule has 2 heterocycles. The van der Waals surface area contributed by atoms with Crippen LogP contribution in [0.4, 0.5) is 10.1 Å². The average molecular weight is 464 g/mol. The number of fused-ring (bicyclic) bond motifs is 1. The fraction of sp³-hybridized carbons (Fsp3) is 0.522. The van der Waals surface area contributed by atoms with Gasteiger partial charge in [-0.2, -0.15) is 5.10 Å². The molecule has 0 spiro atoms. The minimum Gasteiger partial charge on any atom is -0.332 e. The number of nitrogens with zero attached hydrogens (tertiary/aromatic N) is 5. The SMILES string of the molecule is CCn1cc(Cl)c(C(=O)N2CCN(C(C)C)CCCN(C(C)=O)c3cc(F)ccc3C2)n1. The second-order valence-electron chi connectivity index (χ2n) is 8.34. The number of benzene rings is 1. The summed E-state index contributed by atoms with van der Waals surface area (Å²) in [5.74, 6) is -0.860. The lowest BCUT2D eigenvalue weighted by Gasteiger charge is -2.29. The van der Waals surface area contributed by atoms with Crippen molar-refractivity contribution in [3.8, 4) is 0 Å². The van der Waals surface area contributed by atoms with E-state index in [1.807, 2.05) is 6.92 Å². The summed E-state index contributed by atoms with van der Waals surface area (Å²) in [4.78, 5) is 31.5. The van der Waals surface area contributed by atoms with E-state index in [0.717, 1.165) is 13.0 Å². The summed E-state index contributed by atoms with van der Waals surface area (Å²) in [7, 11) is 0. The molecule has 0 bridgehead atoms.